The van der Waals surface area contributed by atoms with Crippen molar-refractivity contribution >= 4 is 30.9 Å². The fourth-order valence-electron chi connectivity index (χ4n) is 4.33. The quantitative estimate of drug-likeness (QED) is 0.196. The van der Waals surface area contributed by atoms with Crippen molar-refractivity contribution in [3.63, 3.8) is 0 Å². The highest BCUT2D eigenvalue weighted by Gasteiger charge is 2.50. The monoisotopic (exact) mass is 494 g/mol. The summed E-state index contributed by atoms with van der Waals surface area (Å²) in [5.74, 6) is -2.21. The largest absolute Gasteiger partial charge is 0.478 e. The first-order chi connectivity index (χ1) is 16.7. The molecule has 2 aromatic carbocycles. The predicted molar refractivity (Wildman–Crippen MR) is 138 cm³/mol. The molecule has 0 fully saturated rings. The van der Waals surface area contributed by atoms with E-state index in [4.69, 9.17) is 9.26 Å². The minimum atomic E-state index is -2.65. The third-order valence-corrected chi connectivity index (χ3v) is 11.0. The summed E-state index contributed by atoms with van der Waals surface area (Å²) in [5.41, 5.74) is 0.317. The molecule has 1 aromatic heterocycles. The van der Waals surface area contributed by atoms with Crippen LogP contribution in [0, 0.1) is 12.7 Å². The number of carboxylic acids is 1. The average Bonchev–Trinajstić information content (AvgIpc) is 2.83. The Morgan fingerprint density at radius 2 is 1.63 bits per heavy atom. The van der Waals surface area contributed by atoms with Gasteiger partial charge in [-0.25, -0.2) is 9.18 Å². The van der Waals surface area contributed by atoms with E-state index in [1.165, 1.54) is 16.6 Å². The first kappa shape index (κ1) is 26.2. The highest BCUT2D eigenvalue weighted by Crippen LogP contribution is 2.36. The Hall–Kier alpha value is -3.36. The Morgan fingerprint density at radius 1 is 1.06 bits per heavy atom. The molecule has 0 unspecified atom stereocenters. The van der Waals surface area contributed by atoms with Gasteiger partial charge in [-0.3, -0.25) is 4.98 Å². The van der Waals surface area contributed by atoms with E-state index in [-0.39, 0.29) is 29.2 Å². The minimum Gasteiger partial charge on any atom is -0.478 e. The van der Waals surface area contributed by atoms with E-state index in [2.05, 4.69) is 55.2 Å². The number of aromatic carboxylic acids is 1. The number of oxime groups is 1. The molecule has 1 N–H and O–H groups in total. The lowest BCUT2D eigenvalue weighted by Gasteiger charge is -2.42. The number of halogens is 1. The Morgan fingerprint density at radius 3 is 2.14 bits per heavy atom. The lowest BCUT2D eigenvalue weighted by atomic mass is 10.0. The summed E-state index contributed by atoms with van der Waals surface area (Å²) < 4.78 is 20.6. The Kier molecular flexibility index (Phi) is 8.53. The second-order valence-corrected chi connectivity index (χ2v) is 13.5. The summed E-state index contributed by atoms with van der Waals surface area (Å²) in [6.07, 6.45) is 2.42. The van der Waals surface area contributed by atoms with Gasteiger partial charge in [-0.2, -0.15) is 0 Å². The number of carboxylic acid groups (broad SMARTS) is 1. The number of aromatic nitrogens is 1. The van der Waals surface area contributed by atoms with E-state index in [0.717, 1.165) is 6.20 Å². The van der Waals surface area contributed by atoms with Gasteiger partial charge in [0.15, 0.2) is 5.82 Å². The third kappa shape index (κ3) is 5.83. The maximum Gasteiger partial charge on any atom is 0.339 e. The molecule has 35 heavy (non-hydrogen) atoms. The number of pyridine rings is 1. The molecule has 0 aliphatic carbocycles. The number of nitrogens with zero attached hydrogens (tertiary/aromatic N) is 2. The van der Waals surface area contributed by atoms with Crippen molar-refractivity contribution < 1.29 is 23.6 Å². The van der Waals surface area contributed by atoms with Gasteiger partial charge in [0, 0.05) is 18.3 Å². The van der Waals surface area contributed by atoms with Crippen molar-refractivity contribution in [2.24, 2.45) is 5.16 Å². The van der Waals surface area contributed by atoms with Crippen LogP contribution >= 0.6 is 0 Å². The molecule has 8 heteroatoms. The van der Waals surface area contributed by atoms with Crippen LogP contribution in [0.15, 0.2) is 72.0 Å². The van der Waals surface area contributed by atoms with Crippen LogP contribution in [-0.2, 0) is 15.7 Å². The second kappa shape index (κ2) is 11.4. The lowest BCUT2D eigenvalue weighted by molar-refractivity contribution is 0.0690. The lowest BCUT2D eigenvalue weighted by Crippen LogP contribution is -2.66. The van der Waals surface area contributed by atoms with E-state index in [9.17, 15) is 14.3 Å². The van der Waals surface area contributed by atoms with Gasteiger partial charge in [0.1, 0.15) is 12.2 Å². The Bertz CT molecular complexity index is 1130. The number of hydrogen-bond acceptors (Lipinski definition) is 5. The highest BCUT2D eigenvalue weighted by atomic mass is 28.4. The molecule has 184 valence electrons. The van der Waals surface area contributed by atoms with E-state index < -0.39 is 20.1 Å². The maximum atomic E-state index is 13.9. The first-order valence-electron chi connectivity index (χ1n) is 11.4. The van der Waals surface area contributed by atoms with Gasteiger partial charge in [-0.15, -0.1) is 0 Å². The standard InChI is InChI=1S/C27H31FN2O4Si/c1-20-23(25(26(31)32)24(28)19-29-20)15-16-30-33-17-18-34-35(27(2,3)4,21-11-7-5-8-12-21)22-13-9-6-10-14-22/h5-14,16,19H,15,17-18H2,1-4H3,(H,31,32). The van der Waals surface area contributed by atoms with Gasteiger partial charge in [0.25, 0.3) is 8.32 Å². The van der Waals surface area contributed by atoms with Crippen LogP contribution in [0.4, 0.5) is 4.39 Å². The molecular formula is C27H31FN2O4Si. The number of carbonyl (C=O) groups is 1. The number of benzene rings is 2. The summed E-state index contributed by atoms with van der Waals surface area (Å²) in [5, 5.41) is 15.5. The van der Waals surface area contributed by atoms with Gasteiger partial charge in [0.05, 0.1) is 12.8 Å². The van der Waals surface area contributed by atoms with Crippen LogP contribution in [0.25, 0.3) is 0 Å². The molecule has 0 aliphatic heterocycles. The third-order valence-electron chi connectivity index (χ3n) is 5.92. The molecule has 3 rings (SSSR count). The molecule has 0 saturated carbocycles. The van der Waals surface area contributed by atoms with Crippen LogP contribution in [0.3, 0.4) is 0 Å². The fourth-order valence-corrected chi connectivity index (χ4v) is 8.87. The predicted octanol–water partition coefficient (Wildman–Crippen LogP) is 4.35. The molecular weight excluding hydrogens is 463 g/mol. The van der Waals surface area contributed by atoms with Crippen LogP contribution in [-0.4, -0.2) is 43.8 Å². The van der Waals surface area contributed by atoms with Gasteiger partial charge in [-0.1, -0.05) is 86.6 Å². The van der Waals surface area contributed by atoms with Gasteiger partial charge >= 0.3 is 5.97 Å². The number of hydrogen-bond donors (Lipinski definition) is 1. The molecule has 3 aromatic rings. The molecule has 0 aliphatic rings. The summed E-state index contributed by atoms with van der Waals surface area (Å²) in [6.45, 7) is 8.78. The van der Waals surface area contributed by atoms with E-state index in [0.29, 0.717) is 12.3 Å². The molecule has 0 atom stereocenters. The summed E-state index contributed by atoms with van der Waals surface area (Å²) >= 11 is 0. The average molecular weight is 495 g/mol. The van der Waals surface area contributed by atoms with Crippen LogP contribution in [0.5, 0.6) is 0 Å². The van der Waals surface area contributed by atoms with E-state index >= 15 is 0 Å². The van der Waals surface area contributed by atoms with Gasteiger partial charge in [0.2, 0.25) is 0 Å². The van der Waals surface area contributed by atoms with Crippen LogP contribution < -0.4 is 10.4 Å². The van der Waals surface area contributed by atoms with E-state index in [1.54, 1.807) is 6.92 Å². The minimum absolute atomic E-state index is 0.0911. The molecule has 0 saturated heterocycles. The zero-order valence-corrected chi connectivity index (χ0v) is 21.5. The first-order valence-corrected chi connectivity index (χ1v) is 13.4. The molecule has 0 amide bonds. The normalized spacial score (nSPS) is 12.1. The van der Waals surface area contributed by atoms with Crippen LogP contribution in [0.1, 0.15) is 42.4 Å². The number of aryl methyl sites for hydroxylation is 1. The summed E-state index contributed by atoms with van der Waals surface area (Å²) in [7, 11) is -2.65. The van der Waals surface area contributed by atoms with Crippen molar-refractivity contribution in [2.75, 3.05) is 13.2 Å². The van der Waals surface area contributed by atoms with Gasteiger partial charge in [-0.05, 0) is 27.9 Å². The van der Waals surface area contributed by atoms with Crippen molar-refractivity contribution in [3.8, 4) is 0 Å². The second-order valence-electron chi connectivity index (χ2n) is 9.19. The SMILES string of the molecule is Cc1ncc(F)c(C(=O)O)c1CC=NOCCO[Si](c1ccccc1)(c1ccccc1)C(C)(C)C. The molecule has 0 radical (unpaired) electrons. The van der Waals surface area contributed by atoms with Crippen molar-refractivity contribution in [2.45, 2.75) is 39.2 Å². The maximum absolute atomic E-state index is 13.9. The smallest absolute Gasteiger partial charge is 0.339 e. The van der Waals surface area contributed by atoms with Crippen molar-refractivity contribution in [1.82, 2.24) is 4.98 Å². The highest BCUT2D eigenvalue weighted by molar-refractivity contribution is 6.99. The number of rotatable bonds is 10. The Labute approximate surface area is 206 Å². The van der Waals surface area contributed by atoms with Gasteiger partial charge < -0.3 is 14.4 Å². The fraction of sp³-hybridized carbons (Fsp3) is 0.296. The summed E-state index contributed by atoms with van der Waals surface area (Å²) in [4.78, 5) is 20.7. The molecule has 1 heterocycles. The zero-order chi connectivity index (χ0) is 25.5. The molecule has 6 nitrogen and oxygen atoms in total. The molecule has 0 spiro atoms. The molecule has 0 bridgehead atoms. The van der Waals surface area contributed by atoms with Crippen LogP contribution in [0.2, 0.25) is 5.04 Å². The Balaban J connectivity index is 1.71. The topological polar surface area (TPSA) is 81.0 Å². The summed E-state index contributed by atoms with van der Waals surface area (Å²) in [6, 6.07) is 20.6. The van der Waals surface area contributed by atoms with Crippen molar-refractivity contribution in [3.05, 3.63) is 89.5 Å². The van der Waals surface area contributed by atoms with E-state index in [1.807, 2.05) is 36.4 Å². The zero-order valence-electron chi connectivity index (χ0n) is 20.5. The van der Waals surface area contributed by atoms with Crippen molar-refractivity contribution in [1.29, 1.82) is 0 Å².